The van der Waals surface area contributed by atoms with Crippen molar-refractivity contribution in [2.45, 2.75) is 26.8 Å². The van der Waals surface area contributed by atoms with E-state index >= 15 is 0 Å². The maximum absolute atomic E-state index is 12.5. The Morgan fingerprint density at radius 3 is 2.52 bits per heavy atom. The molecule has 6 heteroatoms. The fourth-order valence-electron chi connectivity index (χ4n) is 2.37. The van der Waals surface area contributed by atoms with Crippen molar-refractivity contribution in [2.24, 2.45) is 11.8 Å². The number of carbonyl (C=O) groups is 2. The Balaban J connectivity index is 2.03. The van der Waals surface area contributed by atoms with Crippen molar-refractivity contribution in [3.8, 4) is 0 Å². The Bertz CT molecular complexity index is 665. The van der Waals surface area contributed by atoms with Crippen LogP contribution < -0.4 is 5.32 Å². The van der Waals surface area contributed by atoms with Crippen LogP contribution in [0, 0.1) is 11.8 Å². The van der Waals surface area contributed by atoms with Gasteiger partial charge in [-0.15, -0.1) is 0 Å². The summed E-state index contributed by atoms with van der Waals surface area (Å²) >= 11 is 0. The number of carboxylic acids is 1. The van der Waals surface area contributed by atoms with E-state index < -0.39 is 5.97 Å². The van der Waals surface area contributed by atoms with E-state index in [0.717, 1.165) is 5.56 Å². The quantitative estimate of drug-likeness (QED) is 0.822. The molecule has 1 amide bonds. The lowest BCUT2D eigenvalue weighted by atomic mass is 9.88. The normalized spacial score (nSPS) is 12.1. The number of nitrogens with one attached hydrogen (secondary N) is 1. The smallest absolute Gasteiger partial charge is 0.325 e. The minimum absolute atomic E-state index is 0.107. The van der Waals surface area contributed by atoms with Crippen molar-refractivity contribution in [1.29, 1.82) is 0 Å². The molecule has 0 aliphatic carbocycles. The number of nitrogens with zero attached hydrogens (tertiary/aromatic N) is 2. The molecule has 0 spiro atoms. The van der Waals surface area contributed by atoms with E-state index in [2.05, 4.69) is 10.4 Å². The lowest BCUT2D eigenvalue weighted by Crippen LogP contribution is -2.29. The van der Waals surface area contributed by atoms with Crippen LogP contribution in [0.5, 0.6) is 0 Å². The average Bonchev–Trinajstić information content (AvgIpc) is 2.91. The zero-order valence-corrected chi connectivity index (χ0v) is 13.3. The summed E-state index contributed by atoms with van der Waals surface area (Å²) in [6.45, 7) is 3.79. The number of hydrogen-bond donors (Lipinski definition) is 2. The van der Waals surface area contributed by atoms with Gasteiger partial charge in [-0.3, -0.25) is 14.3 Å². The third-order valence-corrected chi connectivity index (χ3v) is 3.63. The van der Waals surface area contributed by atoms with Crippen LogP contribution in [0.25, 0.3) is 0 Å². The van der Waals surface area contributed by atoms with E-state index in [-0.39, 0.29) is 24.3 Å². The summed E-state index contributed by atoms with van der Waals surface area (Å²) in [5.74, 6) is -0.715. The van der Waals surface area contributed by atoms with Crippen LogP contribution in [0.3, 0.4) is 0 Å². The van der Waals surface area contributed by atoms with Crippen molar-refractivity contribution in [3.05, 3.63) is 48.2 Å². The second-order valence-electron chi connectivity index (χ2n) is 5.82. The highest BCUT2D eigenvalue weighted by Gasteiger charge is 2.23. The Kier molecular flexibility index (Phi) is 5.51. The lowest BCUT2D eigenvalue weighted by molar-refractivity contribution is -0.137. The minimum Gasteiger partial charge on any atom is -0.480 e. The first-order chi connectivity index (χ1) is 11.0. The first-order valence-electron chi connectivity index (χ1n) is 7.55. The number of carbonyl (C=O) groups excluding carboxylic acids is 1. The van der Waals surface area contributed by atoms with Crippen molar-refractivity contribution in [1.82, 2.24) is 9.78 Å². The van der Waals surface area contributed by atoms with E-state index in [9.17, 15) is 9.59 Å². The number of carboxylic acid groups (broad SMARTS) is 1. The van der Waals surface area contributed by atoms with Crippen LogP contribution in [0.4, 0.5) is 5.82 Å². The van der Waals surface area contributed by atoms with Gasteiger partial charge in [0.2, 0.25) is 5.91 Å². The topological polar surface area (TPSA) is 84.2 Å². The Hall–Kier alpha value is -2.63. The molecule has 2 N–H and O–H groups in total. The molecule has 1 aromatic carbocycles. The highest BCUT2D eigenvalue weighted by Crippen LogP contribution is 2.19. The molecule has 23 heavy (non-hydrogen) atoms. The molecule has 0 saturated heterocycles. The molecule has 122 valence electrons. The third-order valence-electron chi connectivity index (χ3n) is 3.63. The van der Waals surface area contributed by atoms with Gasteiger partial charge in [-0.2, -0.15) is 5.10 Å². The first kappa shape index (κ1) is 16.7. The maximum Gasteiger partial charge on any atom is 0.325 e. The van der Waals surface area contributed by atoms with Gasteiger partial charge in [-0.25, -0.2) is 0 Å². The first-order valence-corrected chi connectivity index (χ1v) is 7.55. The Morgan fingerprint density at radius 1 is 1.22 bits per heavy atom. The fraction of sp³-hybridized carbons (Fsp3) is 0.353. The molecule has 2 rings (SSSR count). The highest BCUT2D eigenvalue weighted by molar-refractivity contribution is 5.92. The molecule has 1 unspecified atom stereocenters. The number of aliphatic carboxylic acids is 1. The van der Waals surface area contributed by atoms with Crippen molar-refractivity contribution >= 4 is 17.7 Å². The molecule has 1 atom stereocenters. The molecule has 0 aliphatic rings. The molecule has 0 bridgehead atoms. The maximum atomic E-state index is 12.5. The summed E-state index contributed by atoms with van der Waals surface area (Å²) < 4.78 is 1.28. The molecule has 1 aromatic heterocycles. The van der Waals surface area contributed by atoms with E-state index in [1.54, 1.807) is 6.07 Å². The summed E-state index contributed by atoms with van der Waals surface area (Å²) in [7, 11) is 0. The number of aromatic nitrogens is 2. The van der Waals surface area contributed by atoms with Gasteiger partial charge in [-0.05, 0) is 17.9 Å². The van der Waals surface area contributed by atoms with E-state index in [1.807, 2.05) is 44.2 Å². The molecule has 0 radical (unpaired) electrons. The van der Waals surface area contributed by atoms with Gasteiger partial charge in [-0.1, -0.05) is 44.2 Å². The number of hydrogen-bond acceptors (Lipinski definition) is 3. The highest BCUT2D eigenvalue weighted by atomic mass is 16.4. The zero-order valence-electron chi connectivity index (χ0n) is 13.3. The number of amides is 1. The van der Waals surface area contributed by atoms with Crippen LogP contribution in [-0.4, -0.2) is 26.8 Å². The van der Waals surface area contributed by atoms with Gasteiger partial charge in [0, 0.05) is 18.2 Å². The van der Waals surface area contributed by atoms with Gasteiger partial charge < -0.3 is 10.4 Å². The van der Waals surface area contributed by atoms with Gasteiger partial charge in [0.25, 0.3) is 0 Å². The molecule has 2 aromatic rings. The molecule has 6 nitrogen and oxygen atoms in total. The average molecular weight is 315 g/mol. The largest absolute Gasteiger partial charge is 0.480 e. The molecule has 0 fully saturated rings. The van der Waals surface area contributed by atoms with Gasteiger partial charge in [0.05, 0.1) is 0 Å². The summed E-state index contributed by atoms with van der Waals surface area (Å²) in [6, 6.07) is 11.5. The predicted molar refractivity (Wildman–Crippen MR) is 87.0 cm³/mol. The summed E-state index contributed by atoms with van der Waals surface area (Å²) in [5.41, 5.74) is 1.11. The lowest BCUT2D eigenvalue weighted by Gasteiger charge is -2.19. The Morgan fingerprint density at radius 2 is 1.91 bits per heavy atom. The number of benzene rings is 1. The van der Waals surface area contributed by atoms with Gasteiger partial charge >= 0.3 is 5.97 Å². The molecule has 0 saturated carbocycles. The fourth-order valence-corrected chi connectivity index (χ4v) is 2.37. The summed E-state index contributed by atoms with van der Waals surface area (Å²) in [4.78, 5) is 23.2. The zero-order chi connectivity index (χ0) is 16.8. The number of anilines is 1. The Labute approximate surface area is 135 Å². The molecular formula is C17H21N3O3. The minimum atomic E-state index is -0.977. The summed E-state index contributed by atoms with van der Waals surface area (Å²) in [5, 5.41) is 15.6. The molecule has 0 aliphatic heterocycles. The van der Waals surface area contributed by atoms with Crippen molar-refractivity contribution in [2.75, 3.05) is 5.32 Å². The second-order valence-corrected chi connectivity index (χ2v) is 5.82. The van der Waals surface area contributed by atoms with E-state index in [0.29, 0.717) is 12.2 Å². The van der Waals surface area contributed by atoms with Crippen LogP contribution in [0.1, 0.15) is 19.4 Å². The monoisotopic (exact) mass is 315 g/mol. The number of rotatable bonds is 7. The predicted octanol–water partition coefficient (Wildman–Crippen LogP) is 2.42. The molecular weight excluding hydrogens is 294 g/mol. The van der Waals surface area contributed by atoms with Crippen LogP contribution >= 0.6 is 0 Å². The van der Waals surface area contributed by atoms with E-state index in [1.165, 1.54) is 10.9 Å². The third kappa shape index (κ3) is 4.95. The van der Waals surface area contributed by atoms with Crippen LogP contribution in [-0.2, 0) is 22.6 Å². The molecule has 1 heterocycles. The second kappa shape index (κ2) is 7.58. The van der Waals surface area contributed by atoms with Crippen molar-refractivity contribution in [3.63, 3.8) is 0 Å². The summed E-state index contributed by atoms with van der Waals surface area (Å²) in [6.07, 6.45) is 2.19. The van der Waals surface area contributed by atoms with Crippen molar-refractivity contribution < 1.29 is 14.7 Å². The van der Waals surface area contributed by atoms with Crippen LogP contribution in [0.15, 0.2) is 42.6 Å². The van der Waals surface area contributed by atoms with Crippen LogP contribution in [0.2, 0.25) is 0 Å². The SMILES string of the molecule is CC(C)C(Cc1ccccc1)C(=O)Nc1ccn(CC(=O)O)n1. The van der Waals surface area contributed by atoms with Gasteiger partial charge in [0.15, 0.2) is 5.82 Å². The van der Waals surface area contributed by atoms with Gasteiger partial charge in [0.1, 0.15) is 6.54 Å². The standard InChI is InChI=1S/C17H21N3O3/c1-12(2)14(10-13-6-4-3-5-7-13)17(23)18-15-8-9-20(19-15)11-16(21)22/h3-9,12,14H,10-11H2,1-2H3,(H,21,22)(H,18,19,23). The van der Waals surface area contributed by atoms with E-state index in [4.69, 9.17) is 5.11 Å².